The standard InChI is InChI=1S/C52H36N4/c1-4-14-35(15-5-1)46-34-47(36-16-6-2-7-17-36)54-52(53-46)37-24-28-41(29-25-37)56-48-22-12-10-20-42(48)44-30-26-39(33-51(44)56)38-27-31-50-45(32-38)43-21-11-13-23-49(43)55(50)40-18-8-3-9-19-40/h1-34,44,51H. The second-order valence-electron chi connectivity index (χ2n) is 14.6. The van der Waals surface area contributed by atoms with Gasteiger partial charge in [-0.1, -0.05) is 140 Å². The minimum absolute atomic E-state index is 0.127. The molecule has 0 saturated heterocycles. The average molecular weight is 717 g/mol. The lowest BCUT2D eigenvalue weighted by molar-refractivity contribution is 0.747. The van der Waals surface area contributed by atoms with Gasteiger partial charge in [0.15, 0.2) is 5.82 Å². The van der Waals surface area contributed by atoms with Crippen LogP contribution in [0.2, 0.25) is 0 Å². The van der Waals surface area contributed by atoms with Crippen molar-refractivity contribution >= 4 is 38.8 Å². The molecule has 2 aliphatic rings. The molecule has 56 heavy (non-hydrogen) atoms. The van der Waals surface area contributed by atoms with Crippen LogP contribution in [0.4, 0.5) is 11.4 Å². The van der Waals surface area contributed by atoms with Crippen LogP contribution in [0.3, 0.4) is 0 Å². The molecule has 2 atom stereocenters. The van der Waals surface area contributed by atoms with Gasteiger partial charge in [-0.2, -0.15) is 0 Å². The zero-order valence-corrected chi connectivity index (χ0v) is 30.6. The van der Waals surface area contributed by atoms with E-state index < -0.39 is 0 Å². The average Bonchev–Trinajstić information content (AvgIpc) is 3.79. The van der Waals surface area contributed by atoms with Crippen molar-refractivity contribution in [3.8, 4) is 39.6 Å². The number of nitrogens with zero attached hydrogens (tertiary/aromatic N) is 4. The van der Waals surface area contributed by atoms with E-state index in [0.29, 0.717) is 5.82 Å². The molecule has 0 saturated carbocycles. The maximum Gasteiger partial charge on any atom is 0.160 e. The van der Waals surface area contributed by atoms with Gasteiger partial charge in [-0.3, -0.25) is 0 Å². The minimum atomic E-state index is 0.127. The number of hydrogen-bond donors (Lipinski definition) is 0. The van der Waals surface area contributed by atoms with Gasteiger partial charge in [0.1, 0.15) is 0 Å². The van der Waals surface area contributed by atoms with Crippen LogP contribution in [0.5, 0.6) is 0 Å². The number of rotatable bonds is 6. The summed E-state index contributed by atoms with van der Waals surface area (Å²) < 4.78 is 2.38. The third-order valence-corrected chi connectivity index (χ3v) is 11.3. The molecule has 1 aliphatic heterocycles. The van der Waals surface area contributed by atoms with Gasteiger partial charge in [-0.05, 0) is 83.4 Å². The fourth-order valence-corrected chi connectivity index (χ4v) is 8.71. The van der Waals surface area contributed by atoms with E-state index in [9.17, 15) is 0 Å². The van der Waals surface area contributed by atoms with Crippen LogP contribution in [-0.4, -0.2) is 20.6 Å². The molecule has 0 N–H and O–H groups in total. The lowest BCUT2D eigenvalue weighted by Crippen LogP contribution is -2.29. The molecule has 0 spiro atoms. The first-order valence-corrected chi connectivity index (χ1v) is 19.2. The zero-order valence-electron chi connectivity index (χ0n) is 30.6. The Bertz CT molecular complexity index is 2900. The topological polar surface area (TPSA) is 34.0 Å². The van der Waals surface area contributed by atoms with Crippen molar-refractivity contribution in [2.75, 3.05) is 4.90 Å². The summed E-state index contributed by atoms with van der Waals surface area (Å²) in [6.45, 7) is 0. The van der Waals surface area contributed by atoms with Gasteiger partial charge in [0.25, 0.3) is 0 Å². The molecular formula is C52H36N4. The maximum absolute atomic E-state index is 5.09. The Hall–Kier alpha value is -7.30. The van der Waals surface area contributed by atoms with E-state index in [1.165, 1.54) is 49.9 Å². The van der Waals surface area contributed by atoms with Gasteiger partial charge in [-0.15, -0.1) is 0 Å². The van der Waals surface area contributed by atoms with Gasteiger partial charge in [-0.25, -0.2) is 9.97 Å². The lowest BCUT2D eigenvalue weighted by Gasteiger charge is -2.30. The van der Waals surface area contributed by atoms with Crippen molar-refractivity contribution in [1.82, 2.24) is 14.5 Å². The first-order chi connectivity index (χ1) is 27.8. The van der Waals surface area contributed by atoms with Crippen molar-refractivity contribution in [3.05, 3.63) is 217 Å². The number of hydrogen-bond acceptors (Lipinski definition) is 3. The number of aromatic nitrogens is 3. The summed E-state index contributed by atoms with van der Waals surface area (Å²) in [6.07, 6.45) is 7.19. The summed E-state index contributed by atoms with van der Waals surface area (Å²) in [7, 11) is 0. The second-order valence-corrected chi connectivity index (χ2v) is 14.6. The van der Waals surface area contributed by atoms with Crippen molar-refractivity contribution in [2.24, 2.45) is 0 Å². The molecule has 3 heterocycles. The monoisotopic (exact) mass is 716 g/mol. The molecule has 0 radical (unpaired) electrons. The molecule has 0 fully saturated rings. The van der Waals surface area contributed by atoms with Gasteiger partial charge in [0.05, 0.1) is 28.5 Å². The Balaban J connectivity index is 0.979. The quantitative estimate of drug-likeness (QED) is 0.172. The highest BCUT2D eigenvalue weighted by atomic mass is 15.2. The zero-order chi connectivity index (χ0) is 37.0. The Morgan fingerprint density at radius 1 is 0.446 bits per heavy atom. The molecule has 9 aromatic rings. The highest BCUT2D eigenvalue weighted by molar-refractivity contribution is 6.10. The number of fused-ring (bicyclic) bond motifs is 6. The summed E-state index contributed by atoms with van der Waals surface area (Å²) in [6, 6.07) is 66.9. The predicted molar refractivity (Wildman–Crippen MR) is 231 cm³/mol. The molecule has 7 aromatic carbocycles. The molecule has 264 valence electrons. The number of anilines is 2. The van der Waals surface area contributed by atoms with E-state index in [4.69, 9.17) is 9.97 Å². The van der Waals surface area contributed by atoms with Crippen LogP contribution in [0.25, 0.3) is 67.0 Å². The van der Waals surface area contributed by atoms with Gasteiger partial charge in [0, 0.05) is 50.4 Å². The maximum atomic E-state index is 5.09. The van der Waals surface area contributed by atoms with Crippen LogP contribution in [0.15, 0.2) is 206 Å². The molecule has 4 heteroatoms. The molecule has 2 unspecified atom stereocenters. The van der Waals surface area contributed by atoms with Crippen molar-refractivity contribution in [1.29, 1.82) is 0 Å². The fraction of sp³-hybridized carbons (Fsp3) is 0.0385. The Morgan fingerprint density at radius 3 is 1.79 bits per heavy atom. The minimum Gasteiger partial charge on any atom is -0.333 e. The van der Waals surface area contributed by atoms with E-state index in [-0.39, 0.29) is 12.0 Å². The van der Waals surface area contributed by atoms with Crippen molar-refractivity contribution in [2.45, 2.75) is 12.0 Å². The van der Waals surface area contributed by atoms with Gasteiger partial charge in [0.2, 0.25) is 0 Å². The van der Waals surface area contributed by atoms with E-state index in [2.05, 4.69) is 204 Å². The molecule has 11 rings (SSSR count). The van der Waals surface area contributed by atoms with Crippen molar-refractivity contribution < 1.29 is 0 Å². The van der Waals surface area contributed by atoms with Crippen LogP contribution in [0.1, 0.15) is 17.0 Å². The summed E-state index contributed by atoms with van der Waals surface area (Å²) in [5.74, 6) is 0.959. The first-order valence-electron chi connectivity index (χ1n) is 19.2. The number of para-hydroxylation sites is 3. The van der Waals surface area contributed by atoms with Crippen LogP contribution in [0, 0.1) is 0 Å². The normalized spacial score (nSPS) is 15.9. The molecule has 0 amide bonds. The van der Waals surface area contributed by atoms with Crippen LogP contribution in [-0.2, 0) is 0 Å². The largest absolute Gasteiger partial charge is 0.333 e. The molecule has 0 bridgehead atoms. The Morgan fingerprint density at radius 2 is 1.05 bits per heavy atom. The SMILES string of the molecule is C1=CC2c3ccccc3N(c3ccc(-c4nc(-c5ccccc5)cc(-c5ccccc5)n4)cc3)C2C=C1c1ccc2c(c1)c1ccccc1n2-c1ccccc1. The van der Waals surface area contributed by atoms with Crippen molar-refractivity contribution in [3.63, 3.8) is 0 Å². The highest BCUT2D eigenvalue weighted by Crippen LogP contribution is 2.49. The van der Waals surface area contributed by atoms with Crippen LogP contribution >= 0.6 is 0 Å². The fourth-order valence-electron chi connectivity index (χ4n) is 8.71. The van der Waals surface area contributed by atoms with Gasteiger partial charge < -0.3 is 9.47 Å². The molecule has 2 aromatic heterocycles. The summed E-state index contributed by atoms with van der Waals surface area (Å²) in [5.41, 5.74) is 14.7. The first kappa shape index (κ1) is 32.2. The Labute approximate surface area is 326 Å². The summed E-state index contributed by atoms with van der Waals surface area (Å²) >= 11 is 0. The molecular weight excluding hydrogens is 681 g/mol. The lowest BCUT2D eigenvalue weighted by atomic mass is 9.86. The Kier molecular flexibility index (Phi) is 7.59. The molecule has 4 nitrogen and oxygen atoms in total. The predicted octanol–water partition coefficient (Wildman–Crippen LogP) is 12.8. The molecule has 1 aliphatic carbocycles. The smallest absolute Gasteiger partial charge is 0.160 e. The van der Waals surface area contributed by atoms with E-state index in [0.717, 1.165) is 33.8 Å². The number of allylic oxidation sites excluding steroid dienone is 2. The van der Waals surface area contributed by atoms with Crippen LogP contribution < -0.4 is 4.90 Å². The third kappa shape index (κ3) is 5.38. The third-order valence-electron chi connectivity index (χ3n) is 11.3. The summed E-state index contributed by atoms with van der Waals surface area (Å²) in [4.78, 5) is 12.7. The van der Waals surface area contributed by atoms with E-state index in [1.807, 2.05) is 12.1 Å². The summed E-state index contributed by atoms with van der Waals surface area (Å²) in [5, 5.41) is 2.52. The second kappa shape index (κ2) is 13.2. The van der Waals surface area contributed by atoms with Gasteiger partial charge >= 0.3 is 0 Å². The van der Waals surface area contributed by atoms with E-state index in [1.54, 1.807) is 0 Å². The highest BCUT2D eigenvalue weighted by Gasteiger charge is 2.38. The number of benzene rings is 7. The van der Waals surface area contributed by atoms with E-state index >= 15 is 0 Å².